The highest BCUT2D eigenvalue weighted by Crippen LogP contribution is 2.37. The smallest absolute Gasteiger partial charge is 0.120 e. The number of nitrogens with zero attached hydrogens (tertiary/aromatic N) is 4. The Labute approximate surface area is 174 Å². The van der Waals surface area contributed by atoms with Gasteiger partial charge in [-0.15, -0.1) is 17.5 Å². The van der Waals surface area contributed by atoms with Crippen LogP contribution >= 0.6 is 35.6 Å². The number of hydrogen-bond acceptors (Lipinski definition) is 5. The molecule has 2 saturated heterocycles. The van der Waals surface area contributed by atoms with Crippen molar-refractivity contribution in [3.63, 3.8) is 0 Å². The van der Waals surface area contributed by atoms with E-state index in [-0.39, 0.29) is 24.6 Å². The van der Waals surface area contributed by atoms with Gasteiger partial charge in [-0.2, -0.15) is 0 Å². The van der Waals surface area contributed by atoms with Gasteiger partial charge in [0.1, 0.15) is 5.69 Å². The van der Waals surface area contributed by atoms with Crippen molar-refractivity contribution >= 4 is 35.6 Å². The summed E-state index contributed by atoms with van der Waals surface area (Å²) >= 11 is 12.4. The van der Waals surface area contributed by atoms with Gasteiger partial charge in [-0.05, 0) is 30.5 Å². The zero-order chi connectivity index (χ0) is 17.7. The Balaban J connectivity index is 0.00000180. The number of benzene rings is 1. The van der Waals surface area contributed by atoms with Crippen molar-refractivity contribution < 1.29 is 9.47 Å². The van der Waals surface area contributed by atoms with E-state index < -0.39 is 0 Å². The van der Waals surface area contributed by atoms with Crippen LogP contribution < -0.4 is 0 Å². The van der Waals surface area contributed by atoms with Crippen LogP contribution in [0.4, 0.5) is 0 Å². The van der Waals surface area contributed by atoms with Crippen LogP contribution in [-0.2, 0) is 16.1 Å². The molecule has 3 aliphatic rings. The molecular formula is C18H21Cl3N4O2. The Morgan fingerprint density at radius 1 is 1.22 bits per heavy atom. The highest BCUT2D eigenvalue weighted by Gasteiger charge is 2.41. The van der Waals surface area contributed by atoms with Gasteiger partial charge in [0.05, 0.1) is 36.1 Å². The highest BCUT2D eigenvalue weighted by molar-refractivity contribution is 6.36. The molecular weight excluding hydrogens is 411 g/mol. The molecule has 146 valence electrons. The van der Waals surface area contributed by atoms with Gasteiger partial charge in [-0.1, -0.05) is 28.4 Å². The molecule has 4 heterocycles. The van der Waals surface area contributed by atoms with Gasteiger partial charge in [0.2, 0.25) is 0 Å². The van der Waals surface area contributed by atoms with Crippen LogP contribution in [0.1, 0.15) is 18.2 Å². The summed E-state index contributed by atoms with van der Waals surface area (Å²) in [6.45, 7) is 5.21. The van der Waals surface area contributed by atoms with E-state index in [0.29, 0.717) is 22.6 Å². The lowest BCUT2D eigenvalue weighted by Gasteiger charge is -2.26. The van der Waals surface area contributed by atoms with E-state index in [1.54, 1.807) is 6.07 Å². The Morgan fingerprint density at radius 2 is 2.11 bits per heavy atom. The second-order valence-corrected chi connectivity index (χ2v) is 8.16. The molecule has 9 heteroatoms. The molecule has 2 aromatic rings. The third-order valence-corrected chi connectivity index (χ3v) is 6.13. The third-order valence-electron chi connectivity index (χ3n) is 5.58. The number of halogens is 3. The standard InChI is InChI=1S/C18H20Cl2N4O2.ClH/c19-12-1-2-13(14(20)5-12)18-16-10-26-17-8-23(6-11-3-4-25-9-11)7-15(17)24(16)22-21-18;/h1-2,5,11,15,17H,3-4,6-10H2;1H/t11-,15-,17-;/m1./s1. The van der Waals surface area contributed by atoms with Crippen LogP contribution in [-0.4, -0.2) is 58.8 Å². The lowest BCUT2D eigenvalue weighted by atomic mass is 10.1. The molecule has 1 aromatic carbocycles. The minimum Gasteiger partial charge on any atom is -0.381 e. The Hall–Kier alpha value is -0.890. The summed E-state index contributed by atoms with van der Waals surface area (Å²) in [6, 6.07) is 5.65. The van der Waals surface area contributed by atoms with Gasteiger partial charge >= 0.3 is 0 Å². The number of aromatic nitrogens is 3. The summed E-state index contributed by atoms with van der Waals surface area (Å²) in [5.74, 6) is 0.633. The Morgan fingerprint density at radius 3 is 2.89 bits per heavy atom. The maximum Gasteiger partial charge on any atom is 0.120 e. The van der Waals surface area contributed by atoms with E-state index in [9.17, 15) is 0 Å². The minimum atomic E-state index is 0. The topological polar surface area (TPSA) is 52.4 Å². The second-order valence-electron chi connectivity index (χ2n) is 7.32. The van der Waals surface area contributed by atoms with Crippen molar-refractivity contribution in [2.24, 2.45) is 5.92 Å². The fraction of sp³-hybridized carbons (Fsp3) is 0.556. The van der Waals surface area contributed by atoms with Crippen molar-refractivity contribution in [3.8, 4) is 11.3 Å². The average molecular weight is 432 g/mol. The third kappa shape index (κ3) is 3.59. The zero-order valence-corrected chi connectivity index (χ0v) is 17.0. The molecule has 5 rings (SSSR count). The monoisotopic (exact) mass is 430 g/mol. The Kier molecular flexibility index (Phi) is 5.65. The van der Waals surface area contributed by atoms with Gasteiger partial charge < -0.3 is 9.47 Å². The number of ether oxygens (including phenoxy) is 2. The lowest BCUT2D eigenvalue weighted by molar-refractivity contribution is -0.00507. The van der Waals surface area contributed by atoms with E-state index in [1.165, 1.54) is 0 Å². The molecule has 0 bridgehead atoms. The molecule has 27 heavy (non-hydrogen) atoms. The molecule has 0 radical (unpaired) electrons. The van der Waals surface area contributed by atoms with Crippen molar-refractivity contribution in [1.29, 1.82) is 0 Å². The molecule has 0 saturated carbocycles. The van der Waals surface area contributed by atoms with E-state index in [0.717, 1.165) is 56.2 Å². The number of fused-ring (bicyclic) bond motifs is 3. The summed E-state index contributed by atoms with van der Waals surface area (Å²) in [4.78, 5) is 2.47. The van der Waals surface area contributed by atoms with Gasteiger partial charge in [0, 0.05) is 36.8 Å². The number of rotatable bonds is 3. The van der Waals surface area contributed by atoms with Crippen LogP contribution in [0, 0.1) is 5.92 Å². The molecule has 0 aliphatic carbocycles. The molecule has 3 aliphatic heterocycles. The van der Waals surface area contributed by atoms with Crippen molar-refractivity contribution in [2.45, 2.75) is 25.2 Å². The van der Waals surface area contributed by atoms with E-state index in [1.807, 2.05) is 16.8 Å². The first-order chi connectivity index (χ1) is 12.7. The Bertz CT molecular complexity index is 825. The van der Waals surface area contributed by atoms with E-state index in [4.69, 9.17) is 32.7 Å². The van der Waals surface area contributed by atoms with Crippen molar-refractivity contribution in [2.75, 3.05) is 32.8 Å². The maximum absolute atomic E-state index is 6.37. The summed E-state index contributed by atoms with van der Waals surface area (Å²) < 4.78 is 13.7. The van der Waals surface area contributed by atoms with Gasteiger partial charge in [-0.25, -0.2) is 4.68 Å². The van der Waals surface area contributed by atoms with Gasteiger partial charge in [0.15, 0.2) is 0 Å². The molecule has 0 unspecified atom stereocenters. The largest absolute Gasteiger partial charge is 0.381 e. The predicted octanol–water partition coefficient (Wildman–Crippen LogP) is 3.47. The summed E-state index contributed by atoms with van der Waals surface area (Å²) in [7, 11) is 0. The van der Waals surface area contributed by atoms with Crippen LogP contribution in [0.25, 0.3) is 11.3 Å². The highest BCUT2D eigenvalue weighted by atomic mass is 35.5. The molecule has 2 fully saturated rings. The molecule has 3 atom stereocenters. The quantitative estimate of drug-likeness (QED) is 0.745. The maximum atomic E-state index is 6.37. The van der Waals surface area contributed by atoms with Crippen LogP contribution in [0.3, 0.4) is 0 Å². The zero-order valence-electron chi connectivity index (χ0n) is 14.7. The first kappa shape index (κ1) is 19.4. The van der Waals surface area contributed by atoms with Gasteiger partial charge in [-0.3, -0.25) is 4.90 Å². The summed E-state index contributed by atoms with van der Waals surface area (Å²) in [5.41, 5.74) is 2.62. The minimum absolute atomic E-state index is 0. The van der Waals surface area contributed by atoms with E-state index in [2.05, 4.69) is 15.2 Å². The van der Waals surface area contributed by atoms with E-state index >= 15 is 0 Å². The second kappa shape index (κ2) is 7.85. The SMILES string of the molecule is Cl.Clc1ccc(-c2nnn3c2CO[C@@H]2CN(C[C@H]4CCOC4)C[C@H]23)c(Cl)c1. The first-order valence-corrected chi connectivity index (χ1v) is 9.76. The molecule has 6 nitrogen and oxygen atoms in total. The van der Waals surface area contributed by atoms with Crippen molar-refractivity contribution in [1.82, 2.24) is 19.9 Å². The molecule has 0 amide bonds. The summed E-state index contributed by atoms with van der Waals surface area (Å²) in [6.07, 6.45) is 1.32. The van der Waals surface area contributed by atoms with Crippen molar-refractivity contribution in [3.05, 3.63) is 33.9 Å². The number of likely N-dealkylation sites (tertiary alicyclic amines) is 1. The number of hydrogen-bond donors (Lipinski definition) is 0. The summed E-state index contributed by atoms with van der Waals surface area (Å²) in [5, 5.41) is 10.1. The molecule has 1 aromatic heterocycles. The molecule has 0 spiro atoms. The first-order valence-electron chi connectivity index (χ1n) is 9.00. The molecule has 0 N–H and O–H groups in total. The van der Waals surface area contributed by atoms with Crippen LogP contribution in [0.2, 0.25) is 10.0 Å². The fourth-order valence-corrected chi connectivity index (χ4v) is 4.76. The average Bonchev–Trinajstić information content (AvgIpc) is 3.33. The van der Waals surface area contributed by atoms with Crippen LogP contribution in [0.5, 0.6) is 0 Å². The predicted molar refractivity (Wildman–Crippen MR) is 106 cm³/mol. The normalized spacial score (nSPS) is 27.3. The van der Waals surface area contributed by atoms with Gasteiger partial charge in [0.25, 0.3) is 0 Å². The van der Waals surface area contributed by atoms with Crippen LogP contribution in [0.15, 0.2) is 18.2 Å². The lowest BCUT2D eigenvalue weighted by Crippen LogP contribution is -2.32. The fourth-order valence-electron chi connectivity index (χ4n) is 4.26.